The van der Waals surface area contributed by atoms with Gasteiger partial charge in [0.15, 0.2) is 0 Å². The van der Waals surface area contributed by atoms with E-state index in [1.807, 2.05) is 0 Å². The third kappa shape index (κ3) is 2.37. The van der Waals surface area contributed by atoms with Gasteiger partial charge in [0.25, 0.3) is 0 Å². The Bertz CT molecular complexity index is 439. The molecule has 0 aliphatic carbocycles. The molecule has 0 bridgehead atoms. The van der Waals surface area contributed by atoms with E-state index in [9.17, 15) is 12.8 Å². The molecule has 15 heavy (non-hydrogen) atoms. The minimum atomic E-state index is -2.87. The van der Waals surface area contributed by atoms with E-state index >= 15 is 0 Å². The van der Waals surface area contributed by atoms with Crippen molar-refractivity contribution in [3.63, 3.8) is 0 Å². The monoisotopic (exact) mass is 227 g/mol. The second kappa shape index (κ2) is 3.93. The summed E-state index contributed by atoms with van der Waals surface area (Å²) < 4.78 is 35.8. The van der Waals surface area contributed by atoms with E-state index < -0.39 is 9.84 Å². The summed E-state index contributed by atoms with van der Waals surface area (Å²) in [6, 6.07) is 7.33. The highest BCUT2D eigenvalue weighted by atomic mass is 32.2. The number of hydrogen-bond acceptors (Lipinski definition) is 2. The van der Waals surface area contributed by atoms with Crippen molar-refractivity contribution >= 4 is 9.84 Å². The highest BCUT2D eigenvalue weighted by Crippen LogP contribution is 2.30. The fourth-order valence-electron chi connectivity index (χ4n) is 1.95. The van der Waals surface area contributed by atoms with Gasteiger partial charge in [0.05, 0.1) is 11.5 Å². The Kier molecular flexibility index (Phi) is 2.78. The number of sulfone groups is 1. The number of benzene rings is 1. The Morgan fingerprint density at radius 1 is 1.33 bits per heavy atom. The zero-order valence-electron chi connectivity index (χ0n) is 8.24. The van der Waals surface area contributed by atoms with Crippen molar-refractivity contribution in [2.75, 3.05) is 11.5 Å². The van der Waals surface area contributed by atoms with Crippen molar-refractivity contribution in [3.05, 3.63) is 35.6 Å². The van der Waals surface area contributed by atoms with Crippen molar-refractivity contribution in [2.24, 2.45) is 0 Å². The Hall–Kier alpha value is -0.900. The van der Waals surface area contributed by atoms with Crippen molar-refractivity contribution < 1.29 is 12.8 Å². The van der Waals surface area contributed by atoms with Crippen LogP contribution in [0.25, 0.3) is 0 Å². The average Bonchev–Trinajstić information content (AvgIpc) is 2.19. The van der Waals surface area contributed by atoms with Gasteiger partial charge in [-0.1, -0.05) is 12.1 Å². The van der Waals surface area contributed by atoms with Gasteiger partial charge < -0.3 is 0 Å². The van der Waals surface area contributed by atoms with Gasteiger partial charge in [-0.2, -0.15) is 0 Å². The van der Waals surface area contributed by atoms with Gasteiger partial charge in [-0.25, -0.2) is 12.8 Å². The van der Waals surface area contributed by atoms with Crippen LogP contribution in [0.4, 0.5) is 4.39 Å². The minimum Gasteiger partial charge on any atom is -0.229 e. The van der Waals surface area contributed by atoms with E-state index in [-0.39, 0.29) is 23.2 Å². The number of rotatable bonds is 1. The molecule has 2 rings (SSSR count). The van der Waals surface area contributed by atoms with Crippen molar-refractivity contribution in [1.82, 2.24) is 0 Å². The van der Waals surface area contributed by atoms with E-state index in [1.54, 1.807) is 12.1 Å². The molecule has 1 aromatic rings. The molecule has 1 radical (unpaired) electrons. The first-order valence-corrected chi connectivity index (χ1v) is 6.76. The first kappa shape index (κ1) is 10.6. The summed E-state index contributed by atoms with van der Waals surface area (Å²) in [5, 5.41) is 0. The average molecular weight is 227 g/mol. The van der Waals surface area contributed by atoms with Gasteiger partial charge in [-0.05, 0) is 36.5 Å². The van der Waals surface area contributed by atoms with Crippen LogP contribution in [0.3, 0.4) is 0 Å². The molecule has 0 amide bonds. The summed E-state index contributed by atoms with van der Waals surface area (Å²) >= 11 is 0. The topological polar surface area (TPSA) is 34.1 Å². The minimum absolute atomic E-state index is 0.0446. The Morgan fingerprint density at radius 3 is 2.60 bits per heavy atom. The summed E-state index contributed by atoms with van der Waals surface area (Å²) in [7, 11) is -2.87. The Morgan fingerprint density at radius 2 is 2.00 bits per heavy atom. The highest BCUT2D eigenvalue weighted by Gasteiger charge is 2.25. The molecule has 0 spiro atoms. The molecular formula is C11H12FO2S. The molecule has 4 heteroatoms. The summed E-state index contributed by atoms with van der Waals surface area (Å²) in [5.41, 5.74) is 0.628. The van der Waals surface area contributed by atoms with Crippen LogP contribution in [0.1, 0.15) is 24.3 Å². The largest absolute Gasteiger partial charge is 0.229 e. The molecule has 81 valence electrons. The lowest BCUT2D eigenvalue weighted by Crippen LogP contribution is -2.22. The second-order valence-electron chi connectivity index (χ2n) is 3.87. The van der Waals surface area contributed by atoms with Gasteiger partial charge in [0.2, 0.25) is 0 Å². The predicted molar refractivity (Wildman–Crippen MR) is 55.9 cm³/mol. The normalized spacial score (nSPS) is 21.4. The Balaban J connectivity index is 2.18. The maximum absolute atomic E-state index is 13.4. The third-order valence-electron chi connectivity index (χ3n) is 2.84. The van der Waals surface area contributed by atoms with Gasteiger partial charge >= 0.3 is 0 Å². The molecule has 1 aromatic carbocycles. The third-order valence-corrected chi connectivity index (χ3v) is 4.55. The second-order valence-corrected chi connectivity index (χ2v) is 6.18. The van der Waals surface area contributed by atoms with E-state index in [0.717, 1.165) is 0 Å². The zero-order valence-corrected chi connectivity index (χ0v) is 9.06. The van der Waals surface area contributed by atoms with E-state index in [0.29, 0.717) is 18.4 Å². The molecule has 0 aromatic heterocycles. The standard InChI is InChI=1S/C11H12FO2S/c12-11-4-2-1-3-10(11)9-5-7-15(13,14)8-6-9/h1,3-4,9H,5-8H2. The molecule has 0 unspecified atom stereocenters. The summed E-state index contributed by atoms with van der Waals surface area (Å²) in [6.45, 7) is 0. The first-order valence-electron chi connectivity index (χ1n) is 4.94. The molecule has 1 aliphatic heterocycles. The number of hydrogen-bond donors (Lipinski definition) is 0. The van der Waals surface area contributed by atoms with E-state index in [4.69, 9.17) is 0 Å². The van der Waals surface area contributed by atoms with E-state index in [2.05, 4.69) is 6.07 Å². The van der Waals surface area contributed by atoms with Crippen LogP contribution in [0.15, 0.2) is 18.2 Å². The lowest BCUT2D eigenvalue weighted by molar-refractivity contribution is 0.526. The molecule has 0 N–H and O–H groups in total. The quantitative estimate of drug-likeness (QED) is 0.734. The molecule has 1 aliphatic rings. The van der Waals surface area contributed by atoms with Crippen molar-refractivity contribution in [2.45, 2.75) is 18.8 Å². The van der Waals surface area contributed by atoms with Crippen LogP contribution in [0.5, 0.6) is 0 Å². The molecule has 1 saturated heterocycles. The van der Waals surface area contributed by atoms with E-state index in [1.165, 1.54) is 6.07 Å². The fourth-order valence-corrected chi connectivity index (χ4v) is 3.45. The fraction of sp³-hybridized carbons (Fsp3) is 0.455. The molecule has 0 atom stereocenters. The van der Waals surface area contributed by atoms with Crippen LogP contribution in [-0.2, 0) is 9.84 Å². The summed E-state index contributed by atoms with van der Waals surface area (Å²) in [6.07, 6.45) is 1.06. The van der Waals surface area contributed by atoms with Gasteiger partial charge in [0, 0.05) is 0 Å². The van der Waals surface area contributed by atoms with Crippen molar-refractivity contribution in [1.29, 1.82) is 0 Å². The summed E-state index contributed by atoms with van der Waals surface area (Å²) in [5.74, 6) is 0.121. The maximum atomic E-state index is 13.4. The van der Waals surface area contributed by atoms with Gasteiger partial charge in [-0.3, -0.25) is 0 Å². The molecule has 1 fully saturated rings. The maximum Gasteiger partial charge on any atom is 0.150 e. The first-order chi connectivity index (χ1) is 7.08. The molecule has 2 nitrogen and oxygen atoms in total. The predicted octanol–water partition coefficient (Wildman–Crippen LogP) is 1.92. The number of halogens is 1. The lowest BCUT2D eigenvalue weighted by atomic mass is 9.93. The lowest BCUT2D eigenvalue weighted by Gasteiger charge is -2.22. The van der Waals surface area contributed by atoms with Crippen LogP contribution >= 0.6 is 0 Å². The van der Waals surface area contributed by atoms with Crippen molar-refractivity contribution in [3.8, 4) is 0 Å². The molecular weight excluding hydrogens is 215 g/mol. The zero-order chi connectivity index (χ0) is 10.9. The Labute approximate surface area is 89.0 Å². The van der Waals surface area contributed by atoms with Gasteiger partial charge in [0.1, 0.15) is 15.7 Å². The smallest absolute Gasteiger partial charge is 0.150 e. The van der Waals surface area contributed by atoms with Crippen LogP contribution in [-0.4, -0.2) is 19.9 Å². The van der Waals surface area contributed by atoms with Crippen LogP contribution in [0.2, 0.25) is 0 Å². The van der Waals surface area contributed by atoms with Crippen LogP contribution in [0, 0.1) is 11.9 Å². The van der Waals surface area contributed by atoms with Gasteiger partial charge in [-0.15, -0.1) is 0 Å². The van der Waals surface area contributed by atoms with Crippen LogP contribution < -0.4 is 0 Å². The SMILES string of the molecule is O=S1(=O)CCC(c2cc[c]cc2F)CC1. The molecule has 0 saturated carbocycles. The molecule has 1 heterocycles. The highest BCUT2D eigenvalue weighted by molar-refractivity contribution is 7.91. The summed E-state index contributed by atoms with van der Waals surface area (Å²) in [4.78, 5) is 0.